The van der Waals surface area contributed by atoms with Crippen molar-refractivity contribution in [2.75, 3.05) is 7.11 Å². The molecular weight excluding hydrogens is 388 g/mol. The van der Waals surface area contributed by atoms with Crippen LogP contribution in [0.4, 0.5) is 0 Å². The van der Waals surface area contributed by atoms with Crippen molar-refractivity contribution in [2.24, 2.45) is 0 Å². The zero-order chi connectivity index (χ0) is 21.6. The number of carboxylic acids is 1. The molecule has 0 saturated heterocycles. The third-order valence-electron chi connectivity index (χ3n) is 4.97. The number of ether oxygens (including phenoxy) is 2. The van der Waals surface area contributed by atoms with Gasteiger partial charge in [-0.2, -0.15) is 0 Å². The highest BCUT2D eigenvalue weighted by molar-refractivity contribution is 5.96. The maximum absolute atomic E-state index is 10.7. The molecule has 1 N–H and O–H groups in total. The zero-order valence-electron chi connectivity index (χ0n) is 17.1. The topological polar surface area (TPSA) is 55.8 Å². The Hall–Kier alpha value is -4.05. The molecule has 0 radical (unpaired) electrons. The maximum atomic E-state index is 10.7. The van der Waals surface area contributed by atoms with Crippen molar-refractivity contribution in [1.29, 1.82) is 0 Å². The predicted molar refractivity (Wildman–Crippen MR) is 124 cm³/mol. The van der Waals surface area contributed by atoms with E-state index in [4.69, 9.17) is 14.6 Å². The number of carboxylic acid groups (broad SMARTS) is 1. The smallest absolute Gasteiger partial charge is 0.307 e. The Labute approximate surface area is 181 Å². The Morgan fingerprint density at radius 2 is 1.65 bits per heavy atom. The van der Waals surface area contributed by atoms with Crippen LogP contribution in [-0.4, -0.2) is 18.2 Å². The van der Waals surface area contributed by atoms with Crippen molar-refractivity contribution in [3.8, 4) is 28.4 Å². The van der Waals surface area contributed by atoms with Crippen LogP contribution in [-0.2, 0) is 4.79 Å². The molecule has 0 saturated carbocycles. The number of aliphatic carboxylic acids is 1. The van der Waals surface area contributed by atoms with E-state index in [1.54, 1.807) is 19.3 Å². The Kier molecular flexibility index (Phi) is 5.99. The standard InChI is InChI=1S/C27H22O4/c1-30-23-15-17-25-21(18-23)12-16-24(20-7-3-2-4-8-20)27(25)31-22-13-10-19(11-14-22)6-5-9-26(28)29/h2-8,10-18H,9H2,1H3,(H,28,29)/b6-5+. The lowest BCUT2D eigenvalue weighted by molar-refractivity contribution is -0.135. The highest BCUT2D eigenvalue weighted by atomic mass is 16.5. The van der Waals surface area contributed by atoms with Crippen molar-refractivity contribution in [3.63, 3.8) is 0 Å². The summed E-state index contributed by atoms with van der Waals surface area (Å²) in [4.78, 5) is 10.7. The molecule has 4 rings (SSSR count). The minimum atomic E-state index is -0.850. The Morgan fingerprint density at radius 1 is 0.903 bits per heavy atom. The molecule has 31 heavy (non-hydrogen) atoms. The summed E-state index contributed by atoms with van der Waals surface area (Å²) in [5.74, 6) is 1.43. The number of carbonyl (C=O) groups is 1. The molecule has 0 amide bonds. The second-order valence-corrected chi connectivity index (χ2v) is 7.07. The van der Waals surface area contributed by atoms with Crippen LogP contribution in [0, 0.1) is 0 Å². The third kappa shape index (κ3) is 4.75. The van der Waals surface area contributed by atoms with E-state index < -0.39 is 5.97 Å². The largest absolute Gasteiger partial charge is 0.497 e. The number of methoxy groups -OCH3 is 1. The van der Waals surface area contributed by atoms with E-state index in [-0.39, 0.29) is 6.42 Å². The van der Waals surface area contributed by atoms with Crippen molar-refractivity contribution in [1.82, 2.24) is 0 Å². The van der Waals surface area contributed by atoms with Gasteiger partial charge in [-0.05, 0) is 52.9 Å². The first kappa shape index (κ1) is 20.2. The normalized spacial score (nSPS) is 11.0. The van der Waals surface area contributed by atoms with Crippen molar-refractivity contribution in [3.05, 3.63) is 96.6 Å². The average Bonchev–Trinajstić information content (AvgIpc) is 2.80. The van der Waals surface area contributed by atoms with Gasteiger partial charge in [-0.3, -0.25) is 4.79 Å². The van der Waals surface area contributed by atoms with Crippen LogP contribution in [0.1, 0.15) is 12.0 Å². The lowest BCUT2D eigenvalue weighted by atomic mass is 9.99. The molecule has 0 fully saturated rings. The summed E-state index contributed by atoms with van der Waals surface area (Å²) < 4.78 is 11.8. The van der Waals surface area contributed by atoms with Crippen LogP contribution in [0.3, 0.4) is 0 Å². The van der Waals surface area contributed by atoms with E-state index >= 15 is 0 Å². The average molecular weight is 410 g/mol. The minimum Gasteiger partial charge on any atom is -0.497 e. The number of rotatable bonds is 7. The maximum Gasteiger partial charge on any atom is 0.307 e. The molecule has 0 heterocycles. The molecule has 0 aromatic heterocycles. The summed E-state index contributed by atoms with van der Waals surface area (Å²) in [6, 6.07) is 27.8. The summed E-state index contributed by atoms with van der Waals surface area (Å²) in [6.45, 7) is 0. The van der Waals surface area contributed by atoms with E-state index in [2.05, 4.69) is 24.3 Å². The molecule has 154 valence electrons. The van der Waals surface area contributed by atoms with Crippen LogP contribution in [0.15, 0.2) is 91.0 Å². The molecule has 4 aromatic carbocycles. The lowest BCUT2D eigenvalue weighted by Gasteiger charge is -2.15. The van der Waals surface area contributed by atoms with Crippen LogP contribution in [0.25, 0.3) is 28.0 Å². The van der Waals surface area contributed by atoms with E-state index in [0.717, 1.165) is 39.0 Å². The molecule has 0 aliphatic heterocycles. The van der Waals surface area contributed by atoms with Crippen LogP contribution in [0.2, 0.25) is 0 Å². The van der Waals surface area contributed by atoms with Crippen molar-refractivity contribution < 1.29 is 19.4 Å². The van der Waals surface area contributed by atoms with E-state index in [0.29, 0.717) is 5.75 Å². The fraction of sp³-hybridized carbons (Fsp3) is 0.0741. The van der Waals surface area contributed by atoms with Crippen molar-refractivity contribution >= 4 is 22.8 Å². The quantitative estimate of drug-likeness (QED) is 0.364. The number of hydrogen-bond acceptors (Lipinski definition) is 3. The molecule has 0 unspecified atom stereocenters. The first-order chi connectivity index (χ1) is 15.1. The van der Waals surface area contributed by atoms with Gasteiger partial charge in [-0.25, -0.2) is 0 Å². The summed E-state index contributed by atoms with van der Waals surface area (Å²) >= 11 is 0. The molecule has 4 nitrogen and oxygen atoms in total. The van der Waals surface area contributed by atoms with Crippen LogP contribution < -0.4 is 9.47 Å². The predicted octanol–water partition coefficient (Wildman–Crippen LogP) is 6.80. The Morgan fingerprint density at radius 3 is 2.35 bits per heavy atom. The van der Waals surface area contributed by atoms with Gasteiger partial charge in [0.05, 0.1) is 13.5 Å². The van der Waals surface area contributed by atoms with Gasteiger partial charge in [0, 0.05) is 10.9 Å². The monoisotopic (exact) mass is 410 g/mol. The van der Waals surface area contributed by atoms with Crippen molar-refractivity contribution in [2.45, 2.75) is 6.42 Å². The van der Waals surface area contributed by atoms with Gasteiger partial charge in [-0.15, -0.1) is 0 Å². The molecule has 4 aromatic rings. The van der Waals surface area contributed by atoms with Gasteiger partial charge in [0.2, 0.25) is 0 Å². The second-order valence-electron chi connectivity index (χ2n) is 7.07. The van der Waals surface area contributed by atoms with Crippen LogP contribution >= 0.6 is 0 Å². The van der Waals surface area contributed by atoms with Gasteiger partial charge >= 0.3 is 5.97 Å². The van der Waals surface area contributed by atoms with Gasteiger partial charge in [0.15, 0.2) is 0 Å². The Balaban J connectivity index is 1.72. The first-order valence-corrected chi connectivity index (χ1v) is 9.96. The van der Waals surface area contributed by atoms with E-state index in [9.17, 15) is 4.79 Å². The SMILES string of the molecule is COc1ccc2c(Oc3ccc(/C=C/CC(=O)O)cc3)c(-c3ccccc3)ccc2c1. The van der Waals surface area contributed by atoms with Gasteiger partial charge in [-0.1, -0.05) is 60.7 Å². The molecule has 0 spiro atoms. The summed E-state index contributed by atoms with van der Waals surface area (Å²) in [5.41, 5.74) is 2.99. The first-order valence-electron chi connectivity index (χ1n) is 9.96. The fourth-order valence-corrected chi connectivity index (χ4v) is 3.42. The molecular formula is C27H22O4. The summed E-state index contributed by atoms with van der Waals surface area (Å²) in [5, 5.41) is 10.8. The lowest BCUT2D eigenvalue weighted by Crippen LogP contribution is -1.92. The zero-order valence-corrected chi connectivity index (χ0v) is 17.1. The molecule has 4 heteroatoms. The van der Waals surface area contributed by atoms with E-state index in [1.807, 2.05) is 60.7 Å². The molecule has 0 aliphatic carbocycles. The summed E-state index contributed by atoms with van der Waals surface area (Å²) in [7, 11) is 1.66. The van der Waals surface area contributed by atoms with Gasteiger partial charge < -0.3 is 14.6 Å². The second kappa shape index (κ2) is 9.18. The molecule has 0 atom stereocenters. The Bertz CT molecular complexity index is 1230. The van der Waals surface area contributed by atoms with Gasteiger partial charge in [0.25, 0.3) is 0 Å². The minimum absolute atomic E-state index is 0.00183. The molecule has 0 bridgehead atoms. The molecule has 0 aliphatic rings. The highest BCUT2D eigenvalue weighted by Crippen LogP contribution is 2.40. The summed E-state index contributed by atoms with van der Waals surface area (Å²) in [6.07, 6.45) is 3.42. The third-order valence-corrected chi connectivity index (χ3v) is 4.97. The van der Waals surface area contributed by atoms with Crippen LogP contribution in [0.5, 0.6) is 17.2 Å². The van der Waals surface area contributed by atoms with Gasteiger partial charge in [0.1, 0.15) is 17.2 Å². The van der Waals surface area contributed by atoms with E-state index in [1.165, 1.54) is 0 Å². The fourth-order valence-electron chi connectivity index (χ4n) is 3.42. The number of fused-ring (bicyclic) bond motifs is 1. The number of benzene rings is 4. The highest BCUT2D eigenvalue weighted by Gasteiger charge is 2.13. The number of hydrogen-bond donors (Lipinski definition) is 1.